The van der Waals surface area contributed by atoms with Crippen LogP contribution < -0.4 is 4.90 Å². The zero-order valence-electron chi connectivity index (χ0n) is 16.3. The molecule has 3 rings (SSSR count). The highest BCUT2D eigenvalue weighted by molar-refractivity contribution is 5.96. The number of nitrogens with zero attached hydrogens (tertiary/aromatic N) is 3. The van der Waals surface area contributed by atoms with Gasteiger partial charge in [-0.2, -0.15) is 5.26 Å². The molecule has 28 heavy (non-hydrogen) atoms. The predicted octanol–water partition coefficient (Wildman–Crippen LogP) is 3.67. The molecule has 0 aromatic heterocycles. The molecule has 1 saturated heterocycles. The van der Waals surface area contributed by atoms with Crippen LogP contribution in [0.2, 0.25) is 0 Å². The average Bonchev–Trinajstić information content (AvgIpc) is 2.93. The maximum Gasteiger partial charge on any atom is 0.325 e. The van der Waals surface area contributed by atoms with E-state index in [2.05, 4.69) is 6.07 Å². The SMILES string of the molecule is COC(=O)CCC1(c2ccc(C#N)cc2)C(C)N(c2ccccc2)C(=O)N1C. The Labute approximate surface area is 164 Å². The van der Waals surface area contributed by atoms with Gasteiger partial charge in [0.1, 0.15) is 0 Å². The van der Waals surface area contributed by atoms with Crippen molar-refractivity contribution in [3.05, 3.63) is 65.7 Å². The monoisotopic (exact) mass is 377 g/mol. The van der Waals surface area contributed by atoms with E-state index in [9.17, 15) is 9.59 Å². The lowest BCUT2D eigenvalue weighted by Crippen LogP contribution is -2.47. The summed E-state index contributed by atoms with van der Waals surface area (Å²) < 4.78 is 4.84. The molecule has 1 heterocycles. The fraction of sp³-hybridized carbons (Fsp3) is 0.318. The number of likely N-dealkylation sites (N-methyl/N-ethyl adjacent to an activating group) is 1. The van der Waals surface area contributed by atoms with Gasteiger partial charge in [-0.3, -0.25) is 9.69 Å². The Morgan fingerprint density at radius 2 is 1.82 bits per heavy atom. The second-order valence-electron chi connectivity index (χ2n) is 6.91. The first-order chi connectivity index (χ1) is 13.5. The molecule has 0 spiro atoms. The van der Waals surface area contributed by atoms with Crippen LogP contribution in [0.4, 0.5) is 10.5 Å². The van der Waals surface area contributed by atoms with Gasteiger partial charge in [-0.15, -0.1) is 0 Å². The van der Waals surface area contributed by atoms with Gasteiger partial charge in [-0.1, -0.05) is 30.3 Å². The van der Waals surface area contributed by atoms with E-state index >= 15 is 0 Å². The standard InChI is InChI=1S/C22H23N3O3/c1-16-22(14-13-20(26)28-3,18-11-9-17(15-23)10-12-18)24(2)21(27)25(16)19-7-5-4-6-8-19/h4-12,16H,13-14H2,1-3H3. The van der Waals surface area contributed by atoms with E-state index in [1.54, 1.807) is 29.0 Å². The Morgan fingerprint density at radius 3 is 2.39 bits per heavy atom. The number of nitriles is 1. The Morgan fingerprint density at radius 1 is 1.18 bits per heavy atom. The average molecular weight is 377 g/mol. The second kappa shape index (κ2) is 7.73. The third-order valence-electron chi connectivity index (χ3n) is 5.66. The van der Waals surface area contributed by atoms with Crippen molar-refractivity contribution in [2.75, 3.05) is 19.1 Å². The molecule has 6 heteroatoms. The van der Waals surface area contributed by atoms with Crippen molar-refractivity contribution >= 4 is 17.7 Å². The molecule has 2 atom stereocenters. The summed E-state index contributed by atoms with van der Waals surface area (Å²) in [6.07, 6.45) is 0.597. The topological polar surface area (TPSA) is 73.6 Å². The number of carbonyl (C=O) groups excluding carboxylic acids is 2. The number of hydrogen-bond donors (Lipinski definition) is 0. The summed E-state index contributed by atoms with van der Waals surface area (Å²) in [5.74, 6) is -0.320. The molecule has 2 amide bonds. The number of para-hydroxylation sites is 1. The molecule has 1 aliphatic heterocycles. The number of carbonyl (C=O) groups is 2. The van der Waals surface area contributed by atoms with E-state index in [-0.39, 0.29) is 24.5 Å². The molecule has 0 N–H and O–H groups in total. The van der Waals surface area contributed by atoms with Crippen molar-refractivity contribution in [3.63, 3.8) is 0 Å². The molecular weight excluding hydrogens is 354 g/mol. The Kier molecular flexibility index (Phi) is 5.36. The molecule has 2 aromatic rings. The summed E-state index contributed by atoms with van der Waals surface area (Å²) in [4.78, 5) is 28.6. The van der Waals surface area contributed by atoms with Gasteiger partial charge in [0, 0.05) is 19.2 Å². The molecule has 0 bridgehead atoms. The van der Waals surface area contributed by atoms with Crippen LogP contribution in [0, 0.1) is 11.3 Å². The number of anilines is 1. The van der Waals surface area contributed by atoms with Gasteiger partial charge in [-0.05, 0) is 43.2 Å². The third kappa shape index (κ3) is 3.09. The second-order valence-corrected chi connectivity index (χ2v) is 6.91. The number of hydrogen-bond acceptors (Lipinski definition) is 4. The van der Waals surface area contributed by atoms with Crippen LogP contribution in [0.3, 0.4) is 0 Å². The molecular formula is C22H23N3O3. The highest BCUT2D eigenvalue weighted by Gasteiger charge is 2.54. The van der Waals surface area contributed by atoms with Crippen molar-refractivity contribution in [2.45, 2.75) is 31.3 Å². The van der Waals surface area contributed by atoms with Gasteiger partial charge < -0.3 is 9.64 Å². The minimum atomic E-state index is -0.727. The Hall–Kier alpha value is -3.33. The highest BCUT2D eigenvalue weighted by Crippen LogP contribution is 2.45. The number of esters is 1. The molecule has 0 radical (unpaired) electrons. The van der Waals surface area contributed by atoms with E-state index in [0.717, 1.165) is 11.3 Å². The summed E-state index contributed by atoms with van der Waals surface area (Å²) in [7, 11) is 3.12. The molecule has 2 aromatic carbocycles. The number of benzene rings is 2. The largest absolute Gasteiger partial charge is 0.469 e. The van der Waals surface area contributed by atoms with Crippen LogP contribution in [-0.2, 0) is 15.1 Å². The van der Waals surface area contributed by atoms with Crippen molar-refractivity contribution in [2.24, 2.45) is 0 Å². The first-order valence-electron chi connectivity index (χ1n) is 9.15. The summed E-state index contributed by atoms with van der Waals surface area (Å²) >= 11 is 0. The van der Waals surface area contributed by atoms with Crippen molar-refractivity contribution in [1.82, 2.24) is 4.90 Å². The fourth-order valence-electron chi connectivity index (χ4n) is 4.10. The van der Waals surface area contributed by atoms with Gasteiger partial charge in [-0.25, -0.2) is 4.79 Å². The lowest BCUT2D eigenvalue weighted by molar-refractivity contribution is -0.141. The van der Waals surface area contributed by atoms with E-state index in [4.69, 9.17) is 10.00 Å². The molecule has 0 aliphatic carbocycles. The number of rotatable bonds is 5. The number of methoxy groups -OCH3 is 1. The molecule has 0 saturated carbocycles. The molecule has 6 nitrogen and oxygen atoms in total. The predicted molar refractivity (Wildman–Crippen MR) is 106 cm³/mol. The first-order valence-corrected chi connectivity index (χ1v) is 9.15. The van der Waals surface area contributed by atoms with E-state index in [1.807, 2.05) is 49.4 Å². The number of urea groups is 1. The summed E-state index contributed by atoms with van der Waals surface area (Å²) in [5.41, 5.74) is 1.51. The van der Waals surface area contributed by atoms with Crippen molar-refractivity contribution in [1.29, 1.82) is 5.26 Å². The summed E-state index contributed by atoms with van der Waals surface area (Å²) in [6.45, 7) is 1.99. The smallest absolute Gasteiger partial charge is 0.325 e. The molecule has 144 valence electrons. The van der Waals surface area contributed by atoms with Crippen LogP contribution in [0.5, 0.6) is 0 Å². The zero-order valence-corrected chi connectivity index (χ0v) is 16.3. The molecule has 1 fully saturated rings. The maximum atomic E-state index is 13.2. The summed E-state index contributed by atoms with van der Waals surface area (Å²) in [5, 5.41) is 9.12. The maximum absolute atomic E-state index is 13.2. The molecule has 2 unspecified atom stereocenters. The van der Waals surface area contributed by atoms with E-state index in [0.29, 0.717) is 12.0 Å². The Balaban J connectivity index is 2.10. The van der Waals surface area contributed by atoms with Crippen LogP contribution in [0.25, 0.3) is 0 Å². The highest BCUT2D eigenvalue weighted by atomic mass is 16.5. The number of ether oxygens (including phenoxy) is 1. The van der Waals surface area contributed by atoms with Gasteiger partial charge in [0.05, 0.1) is 30.3 Å². The van der Waals surface area contributed by atoms with Gasteiger partial charge in [0.15, 0.2) is 0 Å². The van der Waals surface area contributed by atoms with E-state index < -0.39 is 5.54 Å². The van der Waals surface area contributed by atoms with Gasteiger partial charge >= 0.3 is 12.0 Å². The lowest BCUT2D eigenvalue weighted by Gasteiger charge is -2.39. The van der Waals surface area contributed by atoms with Crippen LogP contribution in [0.15, 0.2) is 54.6 Å². The van der Waals surface area contributed by atoms with Crippen LogP contribution in [0.1, 0.15) is 30.9 Å². The van der Waals surface area contributed by atoms with Gasteiger partial charge in [0.2, 0.25) is 0 Å². The quantitative estimate of drug-likeness (QED) is 0.745. The minimum Gasteiger partial charge on any atom is -0.469 e. The van der Waals surface area contributed by atoms with Crippen molar-refractivity contribution < 1.29 is 14.3 Å². The summed E-state index contributed by atoms with van der Waals surface area (Å²) in [6, 6.07) is 18.5. The minimum absolute atomic E-state index is 0.132. The van der Waals surface area contributed by atoms with Crippen molar-refractivity contribution in [3.8, 4) is 6.07 Å². The first kappa shape index (κ1) is 19.4. The lowest BCUT2D eigenvalue weighted by atomic mass is 9.79. The Bertz CT molecular complexity index is 905. The fourth-order valence-corrected chi connectivity index (χ4v) is 4.10. The third-order valence-corrected chi connectivity index (χ3v) is 5.66. The van der Waals surface area contributed by atoms with Crippen LogP contribution in [-0.4, -0.2) is 37.1 Å². The van der Waals surface area contributed by atoms with Crippen LogP contribution >= 0.6 is 0 Å². The van der Waals surface area contributed by atoms with Gasteiger partial charge in [0.25, 0.3) is 0 Å². The molecule has 1 aliphatic rings. The normalized spacial score (nSPS) is 21.5. The zero-order chi connectivity index (χ0) is 20.3. The number of amides is 2. The van der Waals surface area contributed by atoms with E-state index in [1.165, 1.54) is 7.11 Å².